The van der Waals surface area contributed by atoms with Gasteiger partial charge in [-0.1, -0.05) is 32.0 Å². The van der Waals surface area contributed by atoms with Gasteiger partial charge in [0.25, 0.3) is 0 Å². The first-order valence-electron chi connectivity index (χ1n) is 6.76. The average molecular weight is 246 g/mol. The molecule has 1 aliphatic heterocycles. The highest BCUT2D eigenvalue weighted by molar-refractivity contribution is 5.98. The second-order valence-corrected chi connectivity index (χ2v) is 5.35. The molecule has 0 unspecified atom stereocenters. The second kappa shape index (κ2) is 5.53. The van der Waals surface area contributed by atoms with Crippen molar-refractivity contribution in [1.29, 1.82) is 0 Å². The summed E-state index contributed by atoms with van der Waals surface area (Å²) < 4.78 is 0. The third-order valence-corrected chi connectivity index (χ3v) is 3.63. The minimum Gasteiger partial charge on any atom is -0.320 e. The van der Waals surface area contributed by atoms with E-state index in [4.69, 9.17) is 5.73 Å². The van der Waals surface area contributed by atoms with Gasteiger partial charge < -0.3 is 10.6 Å². The van der Waals surface area contributed by atoms with Crippen LogP contribution in [0, 0.1) is 5.92 Å². The van der Waals surface area contributed by atoms with Crippen LogP contribution in [-0.4, -0.2) is 18.5 Å². The van der Waals surface area contributed by atoms with Gasteiger partial charge in [-0.3, -0.25) is 4.79 Å². The number of carbonyl (C=O) groups is 1. The van der Waals surface area contributed by atoms with Crippen LogP contribution >= 0.6 is 0 Å². The van der Waals surface area contributed by atoms with Gasteiger partial charge in [0.05, 0.1) is 6.04 Å². The predicted octanol–water partition coefficient (Wildman–Crippen LogP) is 2.34. The van der Waals surface area contributed by atoms with Crippen LogP contribution in [0.5, 0.6) is 0 Å². The zero-order chi connectivity index (χ0) is 13.1. The number of nitrogens with zero attached hydrogens (tertiary/aromatic N) is 1. The Balaban J connectivity index is 2.30. The maximum absolute atomic E-state index is 12.5. The summed E-state index contributed by atoms with van der Waals surface area (Å²) in [7, 11) is 0. The van der Waals surface area contributed by atoms with E-state index in [1.807, 2.05) is 36.9 Å². The van der Waals surface area contributed by atoms with Crippen LogP contribution < -0.4 is 10.6 Å². The van der Waals surface area contributed by atoms with Crippen LogP contribution in [-0.2, 0) is 11.2 Å². The summed E-state index contributed by atoms with van der Waals surface area (Å²) in [5.74, 6) is 0.229. The maximum atomic E-state index is 12.5. The van der Waals surface area contributed by atoms with Crippen molar-refractivity contribution in [3.63, 3.8) is 0 Å². The number of amides is 1. The van der Waals surface area contributed by atoms with Crippen molar-refractivity contribution in [3.8, 4) is 0 Å². The number of hydrogen-bond acceptors (Lipinski definition) is 2. The van der Waals surface area contributed by atoms with E-state index in [0.29, 0.717) is 0 Å². The second-order valence-electron chi connectivity index (χ2n) is 5.35. The summed E-state index contributed by atoms with van der Waals surface area (Å²) in [5.41, 5.74) is 8.32. The number of para-hydroxylation sites is 1. The fourth-order valence-corrected chi connectivity index (χ4v) is 2.39. The molecule has 1 atom stereocenters. The highest BCUT2D eigenvalue weighted by Gasteiger charge is 2.26. The summed E-state index contributed by atoms with van der Waals surface area (Å²) in [4.78, 5) is 14.3. The molecule has 0 aliphatic carbocycles. The van der Waals surface area contributed by atoms with E-state index in [1.54, 1.807) is 0 Å². The summed E-state index contributed by atoms with van der Waals surface area (Å²) in [6.07, 6.45) is 3.24. The number of rotatable bonds is 2. The first-order valence-corrected chi connectivity index (χ1v) is 6.76. The molecule has 0 radical (unpaired) electrons. The molecular formula is C15H22N2O. The Labute approximate surface area is 109 Å². The van der Waals surface area contributed by atoms with Gasteiger partial charge in [0.1, 0.15) is 0 Å². The number of nitrogens with two attached hydrogens (primary N) is 1. The lowest BCUT2D eigenvalue weighted by atomic mass is 10.0. The smallest absolute Gasteiger partial charge is 0.244 e. The third kappa shape index (κ3) is 2.56. The monoisotopic (exact) mass is 246 g/mol. The summed E-state index contributed by atoms with van der Waals surface area (Å²) >= 11 is 0. The lowest BCUT2D eigenvalue weighted by Gasteiger charge is -2.27. The normalized spacial score (nSPS) is 17.2. The molecule has 1 aliphatic rings. The molecule has 1 heterocycles. The Morgan fingerprint density at radius 1 is 1.28 bits per heavy atom. The Kier molecular flexibility index (Phi) is 4.02. The molecule has 1 aromatic rings. The highest BCUT2D eigenvalue weighted by atomic mass is 16.2. The van der Waals surface area contributed by atoms with Gasteiger partial charge in [0.15, 0.2) is 0 Å². The molecule has 3 heteroatoms. The quantitative estimate of drug-likeness (QED) is 0.870. The van der Waals surface area contributed by atoms with E-state index < -0.39 is 6.04 Å². The zero-order valence-electron chi connectivity index (χ0n) is 11.2. The number of anilines is 1. The van der Waals surface area contributed by atoms with E-state index in [9.17, 15) is 4.79 Å². The van der Waals surface area contributed by atoms with Crippen molar-refractivity contribution in [2.45, 2.75) is 39.2 Å². The van der Waals surface area contributed by atoms with E-state index >= 15 is 0 Å². The molecule has 2 rings (SSSR count). The number of carbonyl (C=O) groups excluding carboxylic acids is 1. The van der Waals surface area contributed by atoms with Gasteiger partial charge in [-0.25, -0.2) is 0 Å². The number of fused-ring (bicyclic) bond motifs is 1. The third-order valence-electron chi connectivity index (χ3n) is 3.63. The molecule has 0 spiro atoms. The molecule has 1 aromatic carbocycles. The molecule has 0 fully saturated rings. The largest absolute Gasteiger partial charge is 0.320 e. The lowest BCUT2D eigenvalue weighted by Crippen LogP contribution is -2.47. The molecular weight excluding hydrogens is 224 g/mol. The predicted molar refractivity (Wildman–Crippen MR) is 74.5 cm³/mol. The van der Waals surface area contributed by atoms with E-state index in [-0.39, 0.29) is 11.8 Å². The van der Waals surface area contributed by atoms with Crippen molar-refractivity contribution in [2.75, 3.05) is 11.4 Å². The van der Waals surface area contributed by atoms with Crippen molar-refractivity contribution in [2.24, 2.45) is 11.7 Å². The molecule has 0 saturated heterocycles. The molecule has 98 valence electrons. The first-order chi connectivity index (χ1) is 8.61. The van der Waals surface area contributed by atoms with Gasteiger partial charge in [-0.15, -0.1) is 0 Å². The van der Waals surface area contributed by atoms with Crippen LogP contribution in [0.1, 0.15) is 32.3 Å². The lowest BCUT2D eigenvalue weighted by molar-refractivity contribution is -0.120. The van der Waals surface area contributed by atoms with Gasteiger partial charge in [-0.05, 0) is 36.8 Å². The zero-order valence-corrected chi connectivity index (χ0v) is 11.2. The van der Waals surface area contributed by atoms with Gasteiger partial charge >= 0.3 is 0 Å². The molecule has 1 amide bonds. The van der Waals surface area contributed by atoms with Gasteiger partial charge in [0, 0.05) is 12.2 Å². The SMILES string of the molecule is CC(C)[C@H](N)C(=O)N1CCCCc2ccccc21. The van der Waals surface area contributed by atoms with Crippen LogP contribution in [0.4, 0.5) is 5.69 Å². The van der Waals surface area contributed by atoms with Crippen molar-refractivity contribution >= 4 is 11.6 Å². The summed E-state index contributed by atoms with van der Waals surface area (Å²) in [6, 6.07) is 7.77. The van der Waals surface area contributed by atoms with Crippen molar-refractivity contribution < 1.29 is 4.79 Å². The fraction of sp³-hybridized carbons (Fsp3) is 0.533. The van der Waals surface area contributed by atoms with E-state index in [0.717, 1.165) is 31.5 Å². The molecule has 3 nitrogen and oxygen atoms in total. The average Bonchev–Trinajstić information content (AvgIpc) is 2.59. The summed E-state index contributed by atoms with van der Waals surface area (Å²) in [5, 5.41) is 0. The molecule has 18 heavy (non-hydrogen) atoms. The van der Waals surface area contributed by atoms with Gasteiger partial charge in [0.2, 0.25) is 5.91 Å². The molecule has 0 saturated carbocycles. The number of benzene rings is 1. The number of aryl methyl sites for hydroxylation is 1. The van der Waals surface area contributed by atoms with E-state index in [1.165, 1.54) is 5.56 Å². The minimum absolute atomic E-state index is 0.0550. The maximum Gasteiger partial charge on any atom is 0.244 e. The first kappa shape index (κ1) is 13.1. The van der Waals surface area contributed by atoms with Crippen LogP contribution in [0.15, 0.2) is 24.3 Å². The standard InChI is InChI=1S/C15H22N2O/c1-11(2)14(16)15(18)17-10-6-5-8-12-7-3-4-9-13(12)17/h3-4,7,9,11,14H,5-6,8,10,16H2,1-2H3/t14-/m0/s1. The highest BCUT2D eigenvalue weighted by Crippen LogP contribution is 2.26. The van der Waals surface area contributed by atoms with Crippen molar-refractivity contribution in [3.05, 3.63) is 29.8 Å². The summed E-state index contributed by atoms with van der Waals surface area (Å²) in [6.45, 7) is 4.77. The van der Waals surface area contributed by atoms with Crippen LogP contribution in [0.2, 0.25) is 0 Å². The van der Waals surface area contributed by atoms with Gasteiger partial charge in [-0.2, -0.15) is 0 Å². The Bertz CT molecular complexity index is 428. The minimum atomic E-state index is -0.406. The molecule has 2 N–H and O–H groups in total. The Morgan fingerprint density at radius 3 is 2.72 bits per heavy atom. The topological polar surface area (TPSA) is 46.3 Å². The van der Waals surface area contributed by atoms with E-state index in [2.05, 4.69) is 6.07 Å². The molecule has 0 aromatic heterocycles. The Morgan fingerprint density at radius 2 is 2.00 bits per heavy atom. The fourth-order valence-electron chi connectivity index (χ4n) is 2.39. The van der Waals surface area contributed by atoms with Crippen LogP contribution in [0.3, 0.4) is 0 Å². The molecule has 0 bridgehead atoms. The van der Waals surface area contributed by atoms with Crippen molar-refractivity contribution in [1.82, 2.24) is 0 Å². The Hall–Kier alpha value is -1.35. The van der Waals surface area contributed by atoms with Crippen LogP contribution in [0.25, 0.3) is 0 Å². The number of hydrogen-bond donors (Lipinski definition) is 1.